The number of likely N-dealkylation sites (tertiary alicyclic amines) is 1. The van der Waals surface area contributed by atoms with E-state index >= 15 is 0 Å². The normalized spacial score (nSPS) is 14.5. The van der Waals surface area contributed by atoms with Crippen LogP contribution >= 0.6 is 0 Å². The quantitative estimate of drug-likeness (QED) is 0.647. The van der Waals surface area contributed by atoms with E-state index in [0.29, 0.717) is 42.8 Å². The number of aromatic amines is 1. The van der Waals surface area contributed by atoms with Gasteiger partial charge in [0.05, 0.1) is 12.2 Å². The number of benzene rings is 1. The molecule has 0 bridgehead atoms. The smallest absolute Gasteiger partial charge is 0.407 e. The lowest BCUT2D eigenvalue weighted by atomic mass is 10.1. The fraction of sp³-hybridized carbons (Fsp3) is 0.333. The second-order valence-corrected chi connectivity index (χ2v) is 6.74. The number of amides is 1. The van der Waals surface area contributed by atoms with Gasteiger partial charge in [0.15, 0.2) is 11.6 Å². The average molecular weight is 412 g/mol. The zero-order valence-electron chi connectivity index (χ0n) is 15.7. The van der Waals surface area contributed by atoms with Crippen LogP contribution in [0.4, 0.5) is 9.18 Å². The van der Waals surface area contributed by atoms with Crippen LogP contribution in [0.3, 0.4) is 0 Å². The molecular formula is C18H17FN8O3. The summed E-state index contributed by atoms with van der Waals surface area (Å²) < 4.78 is 21.5. The van der Waals surface area contributed by atoms with E-state index in [0.717, 1.165) is 0 Å². The molecule has 12 heteroatoms. The third kappa shape index (κ3) is 3.77. The number of tetrazole rings is 1. The maximum Gasteiger partial charge on any atom is 0.407 e. The van der Waals surface area contributed by atoms with Gasteiger partial charge in [0.25, 0.3) is 0 Å². The number of carboxylic acid groups (broad SMARTS) is 1. The molecule has 0 spiro atoms. The van der Waals surface area contributed by atoms with Crippen LogP contribution in [0.5, 0.6) is 5.75 Å². The van der Waals surface area contributed by atoms with E-state index in [2.05, 4.69) is 31.8 Å². The number of nitrogens with zero attached hydrogens (tertiary/aromatic N) is 7. The summed E-state index contributed by atoms with van der Waals surface area (Å²) in [6, 6.07) is 6.35. The number of hydrogen-bond acceptors (Lipinski definition) is 7. The first-order valence-corrected chi connectivity index (χ1v) is 9.17. The molecule has 1 aliphatic rings. The van der Waals surface area contributed by atoms with Gasteiger partial charge in [-0.3, -0.25) is 4.68 Å². The van der Waals surface area contributed by atoms with E-state index in [-0.39, 0.29) is 24.2 Å². The van der Waals surface area contributed by atoms with Gasteiger partial charge in [-0.2, -0.15) is 15.6 Å². The minimum absolute atomic E-state index is 0.0219. The Morgan fingerprint density at radius 3 is 2.83 bits per heavy atom. The zero-order valence-corrected chi connectivity index (χ0v) is 15.7. The fourth-order valence-electron chi connectivity index (χ4n) is 3.40. The molecule has 11 nitrogen and oxygen atoms in total. The molecular weight excluding hydrogens is 395 g/mol. The third-order valence-corrected chi connectivity index (χ3v) is 4.98. The molecule has 0 saturated carbocycles. The van der Waals surface area contributed by atoms with Gasteiger partial charge in [-0.15, -0.1) is 10.2 Å². The molecule has 0 unspecified atom stereocenters. The van der Waals surface area contributed by atoms with Crippen molar-refractivity contribution < 1.29 is 19.0 Å². The molecule has 1 fully saturated rings. The molecule has 3 aromatic rings. The van der Waals surface area contributed by atoms with Gasteiger partial charge < -0.3 is 14.7 Å². The van der Waals surface area contributed by atoms with Crippen molar-refractivity contribution >= 4 is 6.09 Å². The van der Waals surface area contributed by atoms with Crippen LogP contribution in [-0.4, -0.2) is 59.6 Å². The number of rotatable bonds is 5. The van der Waals surface area contributed by atoms with Crippen LogP contribution in [0.25, 0.3) is 11.4 Å². The molecule has 1 amide bonds. The Morgan fingerprint density at radius 1 is 1.40 bits per heavy atom. The predicted octanol–water partition coefficient (Wildman–Crippen LogP) is 1.97. The summed E-state index contributed by atoms with van der Waals surface area (Å²) in [6.07, 6.45) is 1.70. The van der Waals surface area contributed by atoms with Crippen LogP contribution < -0.4 is 4.74 Å². The summed E-state index contributed by atoms with van der Waals surface area (Å²) in [4.78, 5) is 12.4. The molecule has 1 saturated heterocycles. The second-order valence-electron chi connectivity index (χ2n) is 6.74. The van der Waals surface area contributed by atoms with E-state index in [1.165, 1.54) is 23.2 Å². The number of aromatic nitrogens is 6. The van der Waals surface area contributed by atoms with E-state index in [9.17, 15) is 14.4 Å². The molecule has 1 aliphatic heterocycles. The number of nitriles is 1. The lowest BCUT2D eigenvalue weighted by Crippen LogP contribution is -2.38. The highest BCUT2D eigenvalue weighted by Crippen LogP contribution is 2.27. The number of halogens is 1. The second kappa shape index (κ2) is 8.16. The lowest BCUT2D eigenvalue weighted by Gasteiger charge is -2.30. The van der Waals surface area contributed by atoms with Gasteiger partial charge in [0, 0.05) is 24.2 Å². The van der Waals surface area contributed by atoms with Gasteiger partial charge in [-0.1, -0.05) is 0 Å². The van der Waals surface area contributed by atoms with Gasteiger partial charge in [0.1, 0.15) is 18.4 Å². The molecule has 1 aromatic carbocycles. The van der Waals surface area contributed by atoms with Crippen molar-refractivity contribution in [3.05, 3.63) is 41.5 Å². The van der Waals surface area contributed by atoms with Crippen molar-refractivity contribution in [2.75, 3.05) is 13.1 Å². The third-order valence-electron chi connectivity index (χ3n) is 4.98. The van der Waals surface area contributed by atoms with Crippen LogP contribution in [0, 0.1) is 17.1 Å². The highest BCUT2D eigenvalue weighted by atomic mass is 19.1. The maximum absolute atomic E-state index is 14.4. The van der Waals surface area contributed by atoms with Crippen LogP contribution in [0.15, 0.2) is 24.4 Å². The molecule has 0 aliphatic carbocycles. The number of carbonyl (C=O) groups is 1. The Balaban J connectivity index is 1.45. The summed E-state index contributed by atoms with van der Waals surface area (Å²) in [5, 5.41) is 36.3. The molecule has 0 radical (unpaired) electrons. The summed E-state index contributed by atoms with van der Waals surface area (Å²) in [7, 11) is 0. The predicted molar refractivity (Wildman–Crippen MR) is 98.7 cm³/mol. The van der Waals surface area contributed by atoms with Crippen molar-refractivity contribution in [1.29, 1.82) is 5.26 Å². The van der Waals surface area contributed by atoms with Crippen molar-refractivity contribution in [2.45, 2.75) is 25.5 Å². The SMILES string of the molecule is N#Cc1c(COc2ccc(-c3nn[nH]n3)cc2F)cnn1C1CCN(C(=O)O)CC1. The minimum Gasteiger partial charge on any atom is -0.486 e. The van der Waals surface area contributed by atoms with Crippen LogP contribution in [0.2, 0.25) is 0 Å². The fourth-order valence-corrected chi connectivity index (χ4v) is 3.40. The summed E-state index contributed by atoms with van der Waals surface area (Å²) in [5.41, 5.74) is 1.30. The molecule has 2 N–H and O–H groups in total. The Hall–Kier alpha value is -4.01. The highest BCUT2D eigenvalue weighted by Gasteiger charge is 2.26. The zero-order chi connectivity index (χ0) is 21.1. The molecule has 0 atom stereocenters. The largest absolute Gasteiger partial charge is 0.486 e. The van der Waals surface area contributed by atoms with Crippen molar-refractivity contribution in [3.8, 4) is 23.2 Å². The van der Waals surface area contributed by atoms with Gasteiger partial charge in [0.2, 0.25) is 5.82 Å². The molecule has 154 valence electrons. The number of piperidine rings is 1. The van der Waals surface area contributed by atoms with Gasteiger partial charge >= 0.3 is 6.09 Å². The molecule has 4 rings (SSSR count). The lowest BCUT2D eigenvalue weighted by molar-refractivity contribution is 0.123. The van der Waals surface area contributed by atoms with E-state index in [1.54, 1.807) is 10.7 Å². The Labute approximate surface area is 169 Å². The van der Waals surface area contributed by atoms with Crippen molar-refractivity contribution in [2.24, 2.45) is 0 Å². The molecule has 3 heterocycles. The number of ether oxygens (including phenoxy) is 1. The highest BCUT2D eigenvalue weighted by molar-refractivity contribution is 5.65. The number of nitrogens with one attached hydrogen (secondary N) is 1. The number of hydrogen-bond donors (Lipinski definition) is 2. The maximum atomic E-state index is 14.4. The van der Waals surface area contributed by atoms with Crippen LogP contribution in [-0.2, 0) is 6.61 Å². The van der Waals surface area contributed by atoms with E-state index in [4.69, 9.17) is 9.84 Å². The number of H-pyrrole nitrogens is 1. The first kappa shape index (κ1) is 19.3. The summed E-state index contributed by atoms with van der Waals surface area (Å²) in [5.74, 6) is -0.305. The monoisotopic (exact) mass is 412 g/mol. The van der Waals surface area contributed by atoms with E-state index < -0.39 is 11.9 Å². The topological polar surface area (TPSA) is 146 Å². The van der Waals surface area contributed by atoms with Crippen LogP contribution in [0.1, 0.15) is 30.1 Å². The van der Waals surface area contributed by atoms with E-state index in [1.807, 2.05) is 0 Å². The van der Waals surface area contributed by atoms with Crippen molar-refractivity contribution in [3.63, 3.8) is 0 Å². The standard InChI is InChI=1S/C18H17FN8O3/c19-14-7-11(17-22-24-25-23-17)1-2-16(14)30-10-12-9-21-27(15(12)8-20)13-3-5-26(6-4-13)18(28)29/h1-2,7,9,13H,3-6,10H2,(H,28,29)(H,22,23,24,25). The minimum atomic E-state index is -0.948. The molecule has 30 heavy (non-hydrogen) atoms. The Bertz CT molecular complexity index is 1080. The summed E-state index contributed by atoms with van der Waals surface area (Å²) in [6.45, 7) is 0.734. The summed E-state index contributed by atoms with van der Waals surface area (Å²) >= 11 is 0. The first-order chi connectivity index (χ1) is 14.6. The first-order valence-electron chi connectivity index (χ1n) is 9.17. The molecule has 2 aromatic heterocycles. The van der Waals surface area contributed by atoms with Crippen molar-refractivity contribution in [1.82, 2.24) is 35.3 Å². The average Bonchev–Trinajstić information content (AvgIpc) is 3.43. The Kier molecular flexibility index (Phi) is 5.25. The van der Waals surface area contributed by atoms with Gasteiger partial charge in [-0.25, -0.2) is 9.18 Å². The Morgan fingerprint density at radius 2 is 2.20 bits per heavy atom. The van der Waals surface area contributed by atoms with Gasteiger partial charge in [-0.05, 0) is 36.3 Å².